The number of methoxy groups -OCH3 is 1. The van der Waals surface area contributed by atoms with Crippen molar-refractivity contribution in [1.82, 2.24) is 9.55 Å². The third kappa shape index (κ3) is 2.36. The van der Waals surface area contributed by atoms with Crippen molar-refractivity contribution in [3.05, 3.63) is 42.5 Å². The number of para-hydroxylation sites is 2. The predicted molar refractivity (Wildman–Crippen MR) is 68.1 cm³/mol. The summed E-state index contributed by atoms with van der Waals surface area (Å²) in [6.07, 6.45) is 3.66. The van der Waals surface area contributed by atoms with Gasteiger partial charge in [0.1, 0.15) is 11.4 Å². The number of imidazole rings is 1. The predicted octanol–water partition coefficient (Wildman–Crippen LogP) is 2.57. The molecule has 0 atom stereocenters. The molecule has 88 valence electrons. The number of benzene rings is 1. The Hall–Kier alpha value is -2.10. The van der Waals surface area contributed by atoms with Gasteiger partial charge in [-0.2, -0.15) is 0 Å². The Labute approximate surface area is 101 Å². The van der Waals surface area contributed by atoms with Gasteiger partial charge in [0.15, 0.2) is 5.82 Å². The van der Waals surface area contributed by atoms with Crippen LogP contribution in [0.25, 0.3) is 0 Å². The molecule has 0 fully saturated rings. The summed E-state index contributed by atoms with van der Waals surface area (Å²) in [5.41, 5.74) is 1.68. The van der Waals surface area contributed by atoms with Crippen LogP contribution >= 0.6 is 0 Å². The molecule has 1 aromatic carbocycles. The van der Waals surface area contributed by atoms with Crippen LogP contribution in [0.5, 0.6) is 5.75 Å². The standard InChI is InChI=1S/C13H15N3O/c1-10(13-14-8-9-16(13)2)15-11-6-4-5-7-12(11)17-3/h4-9H,1-3H3. The summed E-state index contributed by atoms with van der Waals surface area (Å²) in [5.74, 6) is 1.62. The Morgan fingerprint density at radius 3 is 2.76 bits per heavy atom. The summed E-state index contributed by atoms with van der Waals surface area (Å²) in [6, 6.07) is 7.68. The van der Waals surface area contributed by atoms with Gasteiger partial charge in [0.2, 0.25) is 0 Å². The molecule has 0 spiro atoms. The van der Waals surface area contributed by atoms with E-state index in [4.69, 9.17) is 4.74 Å². The highest BCUT2D eigenvalue weighted by atomic mass is 16.5. The van der Waals surface area contributed by atoms with E-state index in [1.165, 1.54) is 0 Å². The smallest absolute Gasteiger partial charge is 0.153 e. The van der Waals surface area contributed by atoms with Gasteiger partial charge in [-0.05, 0) is 19.1 Å². The number of ether oxygens (including phenoxy) is 1. The molecule has 4 heteroatoms. The molecule has 2 aromatic rings. The second-order valence-electron chi connectivity index (χ2n) is 3.73. The molecule has 4 nitrogen and oxygen atoms in total. The average molecular weight is 229 g/mol. The van der Waals surface area contributed by atoms with Gasteiger partial charge in [-0.15, -0.1) is 0 Å². The second-order valence-corrected chi connectivity index (χ2v) is 3.73. The highest BCUT2D eigenvalue weighted by molar-refractivity contribution is 5.97. The molecule has 17 heavy (non-hydrogen) atoms. The van der Waals surface area contributed by atoms with Crippen molar-refractivity contribution in [3.8, 4) is 5.75 Å². The van der Waals surface area contributed by atoms with Gasteiger partial charge in [0.25, 0.3) is 0 Å². The Bertz CT molecular complexity index is 543. The zero-order valence-corrected chi connectivity index (χ0v) is 10.2. The monoisotopic (exact) mass is 229 g/mol. The molecule has 0 amide bonds. The molecular formula is C13H15N3O. The van der Waals surface area contributed by atoms with E-state index < -0.39 is 0 Å². The number of nitrogens with zero attached hydrogens (tertiary/aromatic N) is 3. The molecule has 0 saturated heterocycles. The summed E-state index contributed by atoms with van der Waals surface area (Å²) in [4.78, 5) is 8.80. The Balaban J connectivity index is 2.39. The zero-order valence-electron chi connectivity index (χ0n) is 10.2. The first kappa shape index (κ1) is 11.4. The molecule has 0 saturated carbocycles. The van der Waals surface area contributed by atoms with E-state index in [1.807, 2.05) is 49.0 Å². The van der Waals surface area contributed by atoms with Gasteiger partial charge in [0.05, 0.1) is 12.8 Å². The highest BCUT2D eigenvalue weighted by Crippen LogP contribution is 2.26. The fourth-order valence-electron chi connectivity index (χ4n) is 1.67. The second kappa shape index (κ2) is 4.82. The van der Waals surface area contributed by atoms with Crippen LogP contribution in [0.1, 0.15) is 12.7 Å². The maximum atomic E-state index is 5.26. The molecule has 2 rings (SSSR count). The lowest BCUT2D eigenvalue weighted by molar-refractivity contribution is 0.416. The lowest BCUT2D eigenvalue weighted by Gasteiger charge is -2.05. The molecule has 0 bridgehead atoms. The summed E-state index contributed by atoms with van der Waals surface area (Å²) in [5, 5.41) is 0. The maximum Gasteiger partial charge on any atom is 0.153 e. The molecule has 0 radical (unpaired) electrons. The zero-order chi connectivity index (χ0) is 12.3. The number of aliphatic imine (C=N–C) groups is 1. The third-order valence-electron chi connectivity index (χ3n) is 2.52. The molecular weight excluding hydrogens is 214 g/mol. The quantitative estimate of drug-likeness (QED) is 0.759. The minimum atomic E-state index is 0.765. The van der Waals surface area contributed by atoms with Gasteiger partial charge < -0.3 is 9.30 Å². The molecule has 1 aromatic heterocycles. The topological polar surface area (TPSA) is 39.4 Å². The SMILES string of the molecule is COc1ccccc1N=C(C)c1nccn1C. The van der Waals surface area contributed by atoms with Crippen LogP contribution in [0.2, 0.25) is 0 Å². The van der Waals surface area contributed by atoms with Crippen LogP contribution in [0.15, 0.2) is 41.7 Å². The van der Waals surface area contributed by atoms with E-state index in [2.05, 4.69) is 9.98 Å². The van der Waals surface area contributed by atoms with Crippen molar-refractivity contribution in [3.63, 3.8) is 0 Å². The van der Waals surface area contributed by atoms with Crippen LogP contribution in [0.4, 0.5) is 5.69 Å². The Morgan fingerprint density at radius 1 is 1.35 bits per heavy atom. The average Bonchev–Trinajstić information content (AvgIpc) is 2.76. The summed E-state index contributed by atoms with van der Waals surface area (Å²) in [7, 11) is 3.59. The van der Waals surface area contributed by atoms with Gasteiger partial charge >= 0.3 is 0 Å². The minimum Gasteiger partial charge on any atom is -0.494 e. The van der Waals surface area contributed by atoms with E-state index in [-0.39, 0.29) is 0 Å². The molecule has 0 aliphatic rings. The molecule has 0 N–H and O–H groups in total. The number of aryl methyl sites for hydroxylation is 1. The first-order valence-corrected chi connectivity index (χ1v) is 5.38. The number of hydrogen-bond donors (Lipinski definition) is 0. The van der Waals surface area contributed by atoms with Crippen molar-refractivity contribution in [2.24, 2.45) is 12.0 Å². The van der Waals surface area contributed by atoms with E-state index in [9.17, 15) is 0 Å². The third-order valence-corrected chi connectivity index (χ3v) is 2.52. The normalized spacial score (nSPS) is 11.6. The van der Waals surface area contributed by atoms with Crippen LogP contribution in [0.3, 0.4) is 0 Å². The lowest BCUT2D eigenvalue weighted by atomic mass is 10.3. The van der Waals surface area contributed by atoms with E-state index >= 15 is 0 Å². The Kier molecular flexibility index (Phi) is 3.23. The van der Waals surface area contributed by atoms with Gasteiger partial charge in [-0.3, -0.25) is 0 Å². The lowest BCUT2D eigenvalue weighted by Crippen LogP contribution is -2.03. The van der Waals surface area contributed by atoms with Gasteiger partial charge in [-0.25, -0.2) is 9.98 Å². The number of hydrogen-bond acceptors (Lipinski definition) is 3. The summed E-state index contributed by atoms with van der Waals surface area (Å²) >= 11 is 0. The number of rotatable bonds is 3. The molecule has 0 aliphatic heterocycles. The molecule has 0 unspecified atom stereocenters. The minimum absolute atomic E-state index is 0.765. The van der Waals surface area contributed by atoms with Crippen molar-refractivity contribution >= 4 is 11.4 Å². The molecule has 0 aliphatic carbocycles. The first-order valence-electron chi connectivity index (χ1n) is 5.38. The van der Waals surface area contributed by atoms with Crippen molar-refractivity contribution in [1.29, 1.82) is 0 Å². The van der Waals surface area contributed by atoms with Gasteiger partial charge in [0, 0.05) is 19.4 Å². The van der Waals surface area contributed by atoms with Crippen molar-refractivity contribution in [2.45, 2.75) is 6.92 Å². The maximum absolute atomic E-state index is 5.26. The Morgan fingerprint density at radius 2 is 2.12 bits per heavy atom. The van der Waals surface area contributed by atoms with E-state index in [1.54, 1.807) is 13.3 Å². The van der Waals surface area contributed by atoms with Crippen LogP contribution < -0.4 is 4.74 Å². The largest absolute Gasteiger partial charge is 0.494 e. The fourth-order valence-corrected chi connectivity index (χ4v) is 1.67. The van der Waals surface area contributed by atoms with E-state index in [0.717, 1.165) is 23.0 Å². The fraction of sp³-hybridized carbons (Fsp3) is 0.231. The van der Waals surface area contributed by atoms with Crippen molar-refractivity contribution < 1.29 is 4.74 Å². The van der Waals surface area contributed by atoms with Crippen LogP contribution in [0, 0.1) is 0 Å². The first-order chi connectivity index (χ1) is 8.22. The highest BCUT2D eigenvalue weighted by Gasteiger charge is 2.05. The number of aromatic nitrogens is 2. The van der Waals surface area contributed by atoms with Crippen LogP contribution in [-0.4, -0.2) is 22.4 Å². The summed E-state index contributed by atoms with van der Waals surface area (Å²) in [6.45, 7) is 1.94. The molecule has 1 heterocycles. The summed E-state index contributed by atoms with van der Waals surface area (Å²) < 4.78 is 7.20. The van der Waals surface area contributed by atoms with Gasteiger partial charge in [-0.1, -0.05) is 12.1 Å². The van der Waals surface area contributed by atoms with E-state index in [0.29, 0.717) is 0 Å². The van der Waals surface area contributed by atoms with Crippen molar-refractivity contribution in [2.75, 3.05) is 7.11 Å². The van der Waals surface area contributed by atoms with Crippen LogP contribution in [-0.2, 0) is 7.05 Å².